The zero-order valence-corrected chi connectivity index (χ0v) is 7.55. The lowest BCUT2D eigenvalue weighted by Gasteiger charge is -2.33. The summed E-state index contributed by atoms with van der Waals surface area (Å²) in [5, 5.41) is 11.6. The molecule has 1 aliphatic carbocycles. The van der Waals surface area contributed by atoms with Crippen LogP contribution in [-0.2, 0) is 4.79 Å². The van der Waals surface area contributed by atoms with Gasteiger partial charge in [-0.3, -0.25) is 4.79 Å². The molecule has 1 saturated carbocycles. The second kappa shape index (κ2) is 4.45. The number of carbonyl (C=O) groups is 1. The fourth-order valence-electron chi connectivity index (χ4n) is 1.57. The maximum absolute atomic E-state index is 10.8. The Morgan fingerprint density at radius 2 is 2.17 bits per heavy atom. The molecule has 3 heteroatoms. The van der Waals surface area contributed by atoms with Gasteiger partial charge in [0.1, 0.15) is 0 Å². The van der Waals surface area contributed by atoms with Crippen LogP contribution in [0.4, 0.5) is 0 Å². The van der Waals surface area contributed by atoms with E-state index in [4.69, 9.17) is 5.11 Å². The van der Waals surface area contributed by atoms with E-state index in [1.54, 1.807) is 0 Å². The summed E-state index contributed by atoms with van der Waals surface area (Å²) < 4.78 is 0. The van der Waals surface area contributed by atoms with Crippen LogP contribution < -0.4 is 5.32 Å². The number of aliphatic hydroxyl groups excluding tert-OH is 1. The predicted octanol–water partition coefficient (Wildman–Crippen LogP) is 0.531. The molecule has 0 radical (unpaired) electrons. The summed E-state index contributed by atoms with van der Waals surface area (Å²) in [4.78, 5) is 10.8. The average molecular weight is 171 g/mol. The number of hydrogen-bond acceptors (Lipinski definition) is 2. The van der Waals surface area contributed by atoms with Gasteiger partial charge in [-0.25, -0.2) is 0 Å². The van der Waals surface area contributed by atoms with Gasteiger partial charge in [0, 0.05) is 19.6 Å². The largest absolute Gasteiger partial charge is 0.396 e. The fraction of sp³-hybridized carbons (Fsp3) is 0.889. The van der Waals surface area contributed by atoms with Crippen molar-refractivity contribution < 1.29 is 9.90 Å². The van der Waals surface area contributed by atoms with Gasteiger partial charge in [-0.2, -0.15) is 0 Å². The second-order valence-electron chi connectivity index (χ2n) is 3.54. The van der Waals surface area contributed by atoms with Crippen LogP contribution >= 0.6 is 0 Å². The molecule has 70 valence electrons. The standard InChI is InChI=1S/C9H17NO2/c1-2-9(12)10-5-7-3-8(4-7)6-11/h7-8,11H,2-6H2,1H3,(H,10,12). The summed E-state index contributed by atoms with van der Waals surface area (Å²) in [6.45, 7) is 2.95. The highest BCUT2D eigenvalue weighted by molar-refractivity contribution is 5.75. The molecule has 0 aliphatic heterocycles. The summed E-state index contributed by atoms with van der Waals surface area (Å²) in [6, 6.07) is 0. The Hall–Kier alpha value is -0.570. The first kappa shape index (κ1) is 9.52. The van der Waals surface area contributed by atoms with Gasteiger partial charge in [-0.1, -0.05) is 6.92 Å². The third kappa shape index (κ3) is 2.48. The van der Waals surface area contributed by atoms with Crippen molar-refractivity contribution in [1.82, 2.24) is 5.32 Å². The summed E-state index contributed by atoms with van der Waals surface area (Å²) in [6.07, 6.45) is 2.71. The zero-order valence-electron chi connectivity index (χ0n) is 7.55. The van der Waals surface area contributed by atoms with E-state index in [2.05, 4.69) is 5.32 Å². The normalized spacial score (nSPS) is 27.8. The molecule has 1 amide bonds. The van der Waals surface area contributed by atoms with Gasteiger partial charge >= 0.3 is 0 Å². The first-order chi connectivity index (χ1) is 5.76. The number of aliphatic hydroxyl groups is 1. The first-order valence-corrected chi connectivity index (χ1v) is 4.63. The fourth-order valence-corrected chi connectivity index (χ4v) is 1.57. The number of hydrogen-bond donors (Lipinski definition) is 2. The van der Waals surface area contributed by atoms with Crippen LogP contribution in [0, 0.1) is 11.8 Å². The van der Waals surface area contributed by atoms with E-state index >= 15 is 0 Å². The minimum absolute atomic E-state index is 0.127. The highest BCUT2D eigenvalue weighted by Gasteiger charge is 2.28. The smallest absolute Gasteiger partial charge is 0.219 e. The maximum Gasteiger partial charge on any atom is 0.219 e. The third-order valence-corrected chi connectivity index (χ3v) is 2.50. The van der Waals surface area contributed by atoms with E-state index < -0.39 is 0 Å². The van der Waals surface area contributed by atoms with Crippen molar-refractivity contribution in [2.75, 3.05) is 13.2 Å². The summed E-state index contributed by atoms with van der Waals surface area (Å²) in [5.41, 5.74) is 0. The van der Waals surface area contributed by atoms with Crippen LogP contribution in [0.1, 0.15) is 26.2 Å². The van der Waals surface area contributed by atoms with Gasteiger partial charge in [0.05, 0.1) is 0 Å². The van der Waals surface area contributed by atoms with E-state index in [1.807, 2.05) is 6.92 Å². The molecule has 0 aromatic heterocycles. The molecule has 0 heterocycles. The molecule has 1 rings (SSSR count). The molecule has 0 unspecified atom stereocenters. The minimum atomic E-state index is 0.127. The van der Waals surface area contributed by atoms with E-state index in [1.165, 1.54) is 0 Å². The second-order valence-corrected chi connectivity index (χ2v) is 3.54. The van der Waals surface area contributed by atoms with Crippen molar-refractivity contribution in [3.63, 3.8) is 0 Å². The monoisotopic (exact) mass is 171 g/mol. The van der Waals surface area contributed by atoms with Gasteiger partial charge < -0.3 is 10.4 Å². The zero-order chi connectivity index (χ0) is 8.97. The number of rotatable bonds is 4. The predicted molar refractivity (Wildman–Crippen MR) is 46.6 cm³/mol. The lowest BCUT2D eigenvalue weighted by atomic mass is 9.75. The quantitative estimate of drug-likeness (QED) is 0.648. The summed E-state index contributed by atoms with van der Waals surface area (Å²) >= 11 is 0. The van der Waals surface area contributed by atoms with Gasteiger partial charge in [-0.05, 0) is 24.7 Å². The topological polar surface area (TPSA) is 49.3 Å². The van der Waals surface area contributed by atoms with Crippen LogP contribution in [0.5, 0.6) is 0 Å². The Morgan fingerprint density at radius 1 is 1.50 bits per heavy atom. The molecule has 1 fully saturated rings. The van der Waals surface area contributed by atoms with Gasteiger partial charge in [0.25, 0.3) is 0 Å². The van der Waals surface area contributed by atoms with E-state index in [-0.39, 0.29) is 5.91 Å². The Balaban J connectivity index is 2.00. The van der Waals surface area contributed by atoms with Crippen molar-refractivity contribution in [2.45, 2.75) is 26.2 Å². The highest BCUT2D eigenvalue weighted by atomic mass is 16.3. The number of carbonyl (C=O) groups excluding carboxylic acids is 1. The highest BCUT2D eigenvalue weighted by Crippen LogP contribution is 2.32. The lowest BCUT2D eigenvalue weighted by molar-refractivity contribution is -0.121. The molecule has 0 atom stereocenters. The van der Waals surface area contributed by atoms with Crippen LogP contribution in [0.3, 0.4) is 0 Å². The van der Waals surface area contributed by atoms with E-state index in [9.17, 15) is 4.79 Å². The van der Waals surface area contributed by atoms with Crippen LogP contribution in [0.2, 0.25) is 0 Å². The molecule has 0 aromatic carbocycles. The molecule has 0 aromatic rings. The van der Waals surface area contributed by atoms with Crippen molar-refractivity contribution in [3.05, 3.63) is 0 Å². The molecule has 2 N–H and O–H groups in total. The molecule has 1 aliphatic rings. The molecule has 3 nitrogen and oxygen atoms in total. The first-order valence-electron chi connectivity index (χ1n) is 4.63. The lowest BCUT2D eigenvalue weighted by Crippen LogP contribution is -2.36. The number of nitrogens with one attached hydrogen (secondary N) is 1. The summed E-state index contributed by atoms with van der Waals surface area (Å²) in [7, 11) is 0. The molecule has 0 spiro atoms. The molecule has 0 saturated heterocycles. The average Bonchev–Trinajstić information content (AvgIpc) is 2.01. The van der Waals surface area contributed by atoms with Gasteiger partial charge in [0.15, 0.2) is 0 Å². The summed E-state index contributed by atoms with van der Waals surface area (Å²) in [5.74, 6) is 1.23. The van der Waals surface area contributed by atoms with Crippen LogP contribution in [-0.4, -0.2) is 24.2 Å². The van der Waals surface area contributed by atoms with Gasteiger partial charge in [0.2, 0.25) is 5.91 Å². The Morgan fingerprint density at radius 3 is 2.67 bits per heavy atom. The maximum atomic E-state index is 10.8. The van der Waals surface area contributed by atoms with Crippen molar-refractivity contribution in [2.24, 2.45) is 11.8 Å². The molecule has 12 heavy (non-hydrogen) atoms. The van der Waals surface area contributed by atoms with Crippen LogP contribution in [0.15, 0.2) is 0 Å². The van der Waals surface area contributed by atoms with Crippen molar-refractivity contribution >= 4 is 5.91 Å². The van der Waals surface area contributed by atoms with E-state index in [0.29, 0.717) is 24.9 Å². The van der Waals surface area contributed by atoms with Crippen molar-refractivity contribution in [1.29, 1.82) is 0 Å². The third-order valence-electron chi connectivity index (χ3n) is 2.50. The SMILES string of the molecule is CCC(=O)NCC1CC(CO)C1. The Labute approximate surface area is 73.2 Å². The number of amides is 1. The van der Waals surface area contributed by atoms with Gasteiger partial charge in [-0.15, -0.1) is 0 Å². The van der Waals surface area contributed by atoms with Crippen LogP contribution in [0.25, 0.3) is 0 Å². The molecular formula is C9H17NO2. The Bertz CT molecular complexity index is 153. The van der Waals surface area contributed by atoms with E-state index in [0.717, 1.165) is 19.4 Å². The minimum Gasteiger partial charge on any atom is -0.396 e. The molecular weight excluding hydrogens is 154 g/mol. The Kier molecular flexibility index (Phi) is 3.53. The molecule has 0 bridgehead atoms. The van der Waals surface area contributed by atoms with Crippen molar-refractivity contribution in [3.8, 4) is 0 Å².